The fourth-order valence-corrected chi connectivity index (χ4v) is 2.46. The van der Waals surface area contributed by atoms with E-state index in [1.165, 1.54) is 0 Å². The van der Waals surface area contributed by atoms with Crippen LogP contribution in [0.5, 0.6) is 5.88 Å². The lowest BCUT2D eigenvalue weighted by atomic mass is 9.81. The summed E-state index contributed by atoms with van der Waals surface area (Å²) in [6.45, 7) is 8.60. The van der Waals surface area contributed by atoms with E-state index in [1.54, 1.807) is 4.68 Å². The third-order valence-electron chi connectivity index (χ3n) is 4.55. The largest absolute Gasteiger partial charge is 0.502 e. The number of rotatable bonds is 4. The van der Waals surface area contributed by atoms with Crippen LogP contribution in [0, 0.1) is 0 Å². The van der Waals surface area contributed by atoms with Crippen LogP contribution < -0.4 is 10.2 Å². The van der Waals surface area contributed by atoms with E-state index in [0.717, 1.165) is 11.0 Å². The molecule has 0 aliphatic carbocycles. The predicted molar refractivity (Wildman–Crippen MR) is 89.7 cm³/mol. The smallest absolute Gasteiger partial charge is 0.472 e. The average Bonchev–Trinajstić information content (AvgIpc) is 2.95. The third-order valence-corrected chi connectivity index (χ3v) is 4.55. The van der Waals surface area contributed by atoms with Crippen molar-refractivity contribution in [2.45, 2.75) is 45.5 Å². The number of nitrogens with zero attached hydrogens (tertiary/aromatic N) is 2. The molecule has 0 atom stereocenters. The number of ether oxygens (including phenoxy) is 1. The maximum absolute atomic E-state index is 6.10. The minimum Gasteiger partial charge on any atom is -0.472 e. The van der Waals surface area contributed by atoms with Crippen molar-refractivity contribution < 1.29 is 14.0 Å². The first kappa shape index (κ1) is 16.1. The molecule has 0 amide bonds. The van der Waals surface area contributed by atoms with Crippen molar-refractivity contribution in [2.75, 3.05) is 0 Å². The van der Waals surface area contributed by atoms with Gasteiger partial charge >= 0.3 is 7.12 Å². The van der Waals surface area contributed by atoms with E-state index in [2.05, 4.69) is 5.10 Å². The summed E-state index contributed by atoms with van der Waals surface area (Å²) >= 11 is 0. The van der Waals surface area contributed by atoms with Crippen LogP contribution >= 0.6 is 0 Å². The molecule has 1 aliphatic rings. The topological polar surface area (TPSA) is 45.5 Å². The molecule has 122 valence electrons. The van der Waals surface area contributed by atoms with Crippen molar-refractivity contribution in [3.05, 3.63) is 42.1 Å². The van der Waals surface area contributed by atoms with Crippen LogP contribution in [0.1, 0.15) is 33.3 Å². The molecule has 1 aromatic heterocycles. The summed E-state index contributed by atoms with van der Waals surface area (Å²) in [5.41, 5.74) is 1.15. The zero-order valence-electron chi connectivity index (χ0n) is 14.4. The quantitative estimate of drug-likeness (QED) is 0.813. The van der Waals surface area contributed by atoms with Crippen molar-refractivity contribution in [2.24, 2.45) is 7.05 Å². The highest BCUT2D eigenvalue weighted by molar-refractivity contribution is 6.63. The second-order valence-electron chi connectivity index (χ2n) is 6.93. The Morgan fingerprint density at radius 1 is 1.09 bits per heavy atom. The molecule has 0 unspecified atom stereocenters. The Bertz CT molecular complexity index is 666. The fourth-order valence-electron chi connectivity index (χ4n) is 2.46. The first-order valence-corrected chi connectivity index (χ1v) is 7.84. The van der Waals surface area contributed by atoms with Gasteiger partial charge in [0.25, 0.3) is 0 Å². The minimum absolute atomic E-state index is 0.385. The summed E-state index contributed by atoms with van der Waals surface area (Å²) in [6.07, 6.45) is 1.89. The Labute approximate surface area is 137 Å². The van der Waals surface area contributed by atoms with Crippen LogP contribution in [-0.4, -0.2) is 28.1 Å². The van der Waals surface area contributed by atoms with Crippen LogP contribution in [0.3, 0.4) is 0 Å². The second-order valence-corrected chi connectivity index (χ2v) is 6.93. The van der Waals surface area contributed by atoms with Gasteiger partial charge in [0.05, 0.1) is 16.7 Å². The van der Waals surface area contributed by atoms with E-state index >= 15 is 0 Å². The van der Waals surface area contributed by atoms with Gasteiger partial charge in [-0.25, -0.2) is 0 Å². The first-order chi connectivity index (χ1) is 10.8. The van der Waals surface area contributed by atoms with E-state index in [4.69, 9.17) is 14.0 Å². The van der Waals surface area contributed by atoms with Gasteiger partial charge in [0.1, 0.15) is 6.61 Å². The van der Waals surface area contributed by atoms with E-state index in [0.29, 0.717) is 12.5 Å². The molecular formula is C17H23BN2O3. The van der Waals surface area contributed by atoms with Crippen LogP contribution in [0.2, 0.25) is 0 Å². The number of aromatic nitrogens is 2. The highest BCUT2D eigenvalue weighted by atomic mass is 16.7. The van der Waals surface area contributed by atoms with Gasteiger partial charge in [-0.1, -0.05) is 30.3 Å². The standard InChI is InChI=1S/C17H23BN2O3/c1-16(2)17(3,4)23-18(22-16)14-11-20(5)19-15(14)21-12-13-9-7-6-8-10-13/h6-11H,12H2,1-5H3. The monoisotopic (exact) mass is 314 g/mol. The molecule has 3 rings (SSSR count). The molecule has 1 saturated heterocycles. The molecule has 1 aliphatic heterocycles. The Hall–Kier alpha value is -1.79. The molecule has 23 heavy (non-hydrogen) atoms. The van der Waals surface area contributed by atoms with Crippen molar-refractivity contribution in [1.29, 1.82) is 0 Å². The molecule has 5 nitrogen and oxygen atoms in total. The average molecular weight is 314 g/mol. The number of hydrogen-bond acceptors (Lipinski definition) is 4. The van der Waals surface area contributed by atoms with Crippen LogP contribution in [0.15, 0.2) is 36.5 Å². The van der Waals surface area contributed by atoms with Gasteiger partial charge in [0.15, 0.2) is 0 Å². The summed E-state index contributed by atoms with van der Waals surface area (Å²) in [5, 5.41) is 4.40. The fraction of sp³-hybridized carbons (Fsp3) is 0.471. The Morgan fingerprint density at radius 3 is 2.30 bits per heavy atom. The minimum atomic E-state index is -0.473. The highest BCUT2D eigenvalue weighted by Gasteiger charge is 2.53. The molecule has 0 N–H and O–H groups in total. The third kappa shape index (κ3) is 3.14. The summed E-state index contributed by atoms with van der Waals surface area (Å²) in [7, 11) is 1.39. The maximum atomic E-state index is 6.10. The molecule has 1 fully saturated rings. The number of benzene rings is 1. The van der Waals surface area contributed by atoms with Crippen molar-refractivity contribution >= 4 is 12.6 Å². The summed E-state index contributed by atoms with van der Waals surface area (Å²) in [6, 6.07) is 10.0. The molecule has 0 radical (unpaired) electrons. The number of hydrogen-bond donors (Lipinski definition) is 0. The Morgan fingerprint density at radius 2 is 1.70 bits per heavy atom. The molecule has 2 heterocycles. The van der Waals surface area contributed by atoms with E-state index in [9.17, 15) is 0 Å². The Kier molecular flexibility index (Phi) is 3.98. The van der Waals surface area contributed by atoms with E-state index < -0.39 is 7.12 Å². The van der Waals surface area contributed by atoms with E-state index in [-0.39, 0.29) is 11.2 Å². The van der Waals surface area contributed by atoms with Gasteiger partial charge in [0.2, 0.25) is 5.88 Å². The van der Waals surface area contributed by atoms with Gasteiger partial charge in [0, 0.05) is 13.2 Å². The first-order valence-electron chi connectivity index (χ1n) is 7.84. The van der Waals surface area contributed by atoms with Crippen LogP contribution in [0.25, 0.3) is 0 Å². The van der Waals surface area contributed by atoms with Crippen LogP contribution in [-0.2, 0) is 23.0 Å². The van der Waals surface area contributed by atoms with Crippen molar-refractivity contribution in [1.82, 2.24) is 9.78 Å². The van der Waals surface area contributed by atoms with Gasteiger partial charge in [-0.2, -0.15) is 0 Å². The summed E-state index contributed by atoms with van der Waals surface area (Å²) in [5.74, 6) is 0.551. The second kappa shape index (κ2) is 5.69. The molecular weight excluding hydrogens is 291 g/mol. The van der Waals surface area contributed by atoms with Gasteiger partial charge in [-0.15, -0.1) is 5.10 Å². The Balaban J connectivity index is 1.79. The zero-order chi connectivity index (χ0) is 16.7. The summed E-state index contributed by atoms with van der Waals surface area (Å²) in [4.78, 5) is 0. The lowest BCUT2D eigenvalue weighted by molar-refractivity contribution is 0.00578. The zero-order valence-corrected chi connectivity index (χ0v) is 14.4. The van der Waals surface area contributed by atoms with E-state index in [1.807, 2.05) is 71.3 Å². The predicted octanol–water partition coefficient (Wildman–Crippen LogP) is 2.30. The molecule has 0 spiro atoms. The lowest BCUT2D eigenvalue weighted by Crippen LogP contribution is -2.41. The van der Waals surface area contributed by atoms with Gasteiger partial charge < -0.3 is 14.0 Å². The molecule has 1 aromatic carbocycles. The molecule has 6 heteroatoms. The van der Waals surface area contributed by atoms with Crippen LogP contribution in [0.4, 0.5) is 0 Å². The van der Waals surface area contributed by atoms with Crippen molar-refractivity contribution in [3.63, 3.8) is 0 Å². The van der Waals surface area contributed by atoms with Crippen molar-refractivity contribution in [3.8, 4) is 5.88 Å². The van der Waals surface area contributed by atoms with Gasteiger partial charge in [-0.05, 0) is 33.3 Å². The molecule has 0 saturated carbocycles. The van der Waals surface area contributed by atoms with Gasteiger partial charge in [-0.3, -0.25) is 4.68 Å². The SMILES string of the molecule is Cn1cc(B2OC(C)(C)C(C)(C)O2)c(OCc2ccccc2)n1. The number of aryl methyl sites for hydroxylation is 1. The molecule has 0 bridgehead atoms. The lowest BCUT2D eigenvalue weighted by Gasteiger charge is -2.32. The maximum Gasteiger partial charge on any atom is 0.502 e. The molecule has 2 aromatic rings. The highest BCUT2D eigenvalue weighted by Crippen LogP contribution is 2.37. The summed E-state index contributed by atoms with van der Waals surface area (Å²) < 4.78 is 19.8. The normalized spacial score (nSPS) is 19.1.